The van der Waals surface area contributed by atoms with Crippen molar-refractivity contribution in [1.82, 2.24) is 5.32 Å². The lowest BCUT2D eigenvalue weighted by Gasteiger charge is -2.31. The lowest BCUT2D eigenvalue weighted by molar-refractivity contribution is -0.384. The van der Waals surface area contributed by atoms with Gasteiger partial charge in [-0.05, 0) is 73.4 Å². The van der Waals surface area contributed by atoms with Crippen LogP contribution in [-0.4, -0.2) is 34.1 Å². The molecular weight excluding hydrogens is 504 g/mol. The number of piperidine rings is 1. The highest BCUT2D eigenvalue weighted by molar-refractivity contribution is 7.80. The van der Waals surface area contributed by atoms with Crippen LogP contribution < -0.4 is 15.5 Å². The van der Waals surface area contributed by atoms with E-state index < -0.39 is 10.8 Å². The molecule has 2 heterocycles. The minimum atomic E-state index is -0.567. The molecule has 1 amide bonds. The van der Waals surface area contributed by atoms with Crippen molar-refractivity contribution in [2.24, 2.45) is 5.92 Å². The Balaban J connectivity index is 1.46. The van der Waals surface area contributed by atoms with Crippen LogP contribution in [0.1, 0.15) is 35.9 Å². The SMILES string of the molecule is CC1CCN(c2ccc(C(=O)NC(=S)Nc3ccc(Cl)c(-c4ccc(CO)o4)c3)cc2[N+](=O)[O-])CC1. The second-order valence-corrected chi connectivity index (χ2v) is 9.47. The predicted molar refractivity (Wildman–Crippen MR) is 142 cm³/mol. The number of furan rings is 1. The number of nitro groups is 1. The molecule has 1 fully saturated rings. The number of anilines is 2. The fraction of sp³-hybridized carbons (Fsp3) is 0.280. The Kier molecular flexibility index (Phi) is 7.88. The molecule has 0 bridgehead atoms. The van der Waals surface area contributed by atoms with Gasteiger partial charge in [0, 0.05) is 36.0 Å². The van der Waals surface area contributed by atoms with Crippen molar-refractivity contribution in [3.63, 3.8) is 0 Å². The molecule has 1 aliphatic heterocycles. The molecule has 36 heavy (non-hydrogen) atoms. The number of nitro benzene ring substituents is 1. The van der Waals surface area contributed by atoms with E-state index >= 15 is 0 Å². The Morgan fingerprint density at radius 2 is 1.97 bits per heavy atom. The Labute approximate surface area is 218 Å². The van der Waals surface area contributed by atoms with Crippen LogP contribution >= 0.6 is 23.8 Å². The van der Waals surface area contributed by atoms with E-state index in [2.05, 4.69) is 17.6 Å². The summed E-state index contributed by atoms with van der Waals surface area (Å²) in [4.78, 5) is 26.1. The lowest BCUT2D eigenvalue weighted by Crippen LogP contribution is -2.35. The number of carbonyl (C=O) groups excluding carboxylic acids is 1. The van der Waals surface area contributed by atoms with Gasteiger partial charge in [-0.15, -0.1) is 0 Å². The summed E-state index contributed by atoms with van der Waals surface area (Å²) in [5, 5.41) is 26.9. The summed E-state index contributed by atoms with van der Waals surface area (Å²) in [5.74, 6) is 0.894. The van der Waals surface area contributed by atoms with E-state index in [0.717, 1.165) is 25.9 Å². The zero-order valence-corrected chi connectivity index (χ0v) is 21.1. The number of aliphatic hydroxyl groups is 1. The number of halogens is 1. The van der Waals surface area contributed by atoms with Crippen molar-refractivity contribution in [3.05, 3.63) is 75.0 Å². The van der Waals surface area contributed by atoms with E-state index in [-0.39, 0.29) is 23.0 Å². The van der Waals surface area contributed by atoms with Gasteiger partial charge in [0.05, 0.1) is 9.95 Å². The molecule has 188 valence electrons. The first-order chi connectivity index (χ1) is 17.2. The van der Waals surface area contributed by atoms with Crippen LogP contribution in [0.4, 0.5) is 17.1 Å². The van der Waals surface area contributed by atoms with E-state index in [1.807, 2.05) is 4.90 Å². The molecule has 0 atom stereocenters. The Bertz CT molecular complexity index is 1300. The van der Waals surface area contributed by atoms with Crippen LogP contribution in [0, 0.1) is 16.0 Å². The lowest BCUT2D eigenvalue weighted by atomic mass is 9.98. The van der Waals surface area contributed by atoms with Gasteiger partial charge in [-0.2, -0.15) is 0 Å². The number of nitrogens with zero attached hydrogens (tertiary/aromatic N) is 2. The molecule has 1 saturated heterocycles. The summed E-state index contributed by atoms with van der Waals surface area (Å²) in [6.07, 6.45) is 1.93. The number of hydrogen-bond donors (Lipinski definition) is 3. The number of benzene rings is 2. The second kappa shape index (κ2) is 11.1. The molecule has 0 spiro atoms. The van der Waals surface area contributed by atoms with E-state index in [0.29, 0.717) is 39.4 Å². The van der Waals surface area contributed by atoms with Crippen molar-refractivity contribution < 1.29 is 19.2 Å². The van der Waals surface area contributed by atoms with Crippen molar-refractivity contribution >= 4 is 51.9 Å². The maximum Gasteiger partial charge on any atom is 0.293 e. The van der Waals surface area contributed by atoms with E-state index in [1.165, 1.54) is 6.07 Å². The van der Waals surface area contributed by atoms with Crippen LogP contribution in [0.2, 0.25) is 5.02 Å². The van der Waals surface area contributed by atoms with Crippen molar-refractivity contribution in [2.75, 3.05) is 23.3 Å². The monoisotopic (exact) mass is 528 g/mol. The van der Waals surface area contributed by atoms with Crippen LogP contribution in [0.15, 0.2) is 52.9 Å². The third-order valence-corrected chi connectivity index (χ3v) is 6.63. The van der Waals surface area contributed by atoms with Crippen molar-refractivity contribution in [3.8, 4) is 11.3 Å². The number of carbonyl (C=O) groups is 1. The van der Waals surface area contributed by atoms with Crippen LogP contribution in [0.3, 0.4) is 0 Å². The maximum absolute atomic E-state index is 12.8. The molecule has 1 aliphatic rings. The Morgan fingerprint density at radius 1 is 1.22 bits per heavy atom. The fourth-order valence-electron chi connectivity index (χ4n) is 4.06. The molecule has 4 rings (SSSR count). The van der Waals surface area contributed by atoms with Gasteiger partial charge < -0.3 is 19.7 Å². The zero-order chi connectivity index (χ0) is 25.8. The first kappa shape index (κ1) is 25.6. The van der Waals surface area contributed by atoms with Gasteiger partial charge in [-0.3, -0.25) is 20.2 Å². The minimum Gasteiger partial charge on any atom is -0.459 e. The van der Waals surface area contributed by atoms with E-state index in [4.69, 9.17) is 28.2 Å². The Morgan fingerprint density at radius 3 is 2.64 bits per heavy atom. The first-order valence-corrected chi connectivity index (χ1v) is 12.2. The quantitative estimate of drug-likeness (QED) is 0.222. The molecule has 0 aliphatic carbocycles. The van der Waals surface area contributed by atoms with Gasteiger partial charge >= 0.3 is 0 Å². The average Bonchev–Trinajstić information content (AvgIpc) is 3.34. The molecule has 9 nitrogen and oxygen atoms in total. The molecule has 0 saturated carbocycles. The summed E-state index contributed by atoms with van der Waals surface area (Å²) in [6, 6.07) is 12.8. The summed E-state index contributed by atoms with van der Waals surface area (Å²) >= 11 is 11.6. The molecule has 3 N–H and O–H groups in total. The number of rotatable bonds is 6. The Hall–Kier alpha value is -3.47. The average molecular weight is 529 g/mol. The van der Waals surface area contributed by atoms with Gasteiger partial charge in [0.25, 0.3) is 11.6 Å². The molecule has 0 unspecified atom stereocenters. The maximum atomic E-state index is 12.8. The second-order valence-electron chi connectivity index (χ2n) is 8.66. The third kappa shape index (κ3) is 5.84. The van der Waals surface area contributed by atoms with Gasteiger partial charge in [-0.1, -0.05) is 18.5 Å². The standard InChI is InChI=1S/C25H25ClN4O5S/c1-15-8-10-29(11-9-15)21-6-2-16(12-22(21)30(33)34)24(32)28-25(36)27-17-3-5-20(26)19(13-17)23-7-4-18(14-31)35-23/h2-7,12-13,15,31H,8-11,14H2,1H3,(H2,27,28,32,36). The van der Waals surface area contributed by atoms with Gasteiger partial charge in [0.15, 0.2) is 5.11 Å². The minimum absolute atomic E-state index is 0.0144. The highest BCUT2D eigenvalue weighted by atomic mass is 35.5. The molecular formula is C25H25ClN4O5S. The number of hydrogen-bond acceptors (Lipinski definition) is 7. The summed E-state index contributed by atoms with van der Waals surface area (Å²) in [6.45, 7) is 3.42. The highest BCUT2D eigenvalue weighted by Gasteiger charge is 2.25. The summed E-state index contributed by atoms with van der Waals surface area (Å²) < 4.78 is 5.55. The van der Waals surface area contributed by atoms with Gasteiger partial charge in [0.1, 0.15) is 23.8 Å². The van der Waals surface area contributed by atoms with Crippen molar-refractivity contribution in [1.29, 1.82) is 0 Å². The molecule has 1 aromatic heterocycles. The zero-order valence-electron chi connectivity index (χ0n) is 19.5. The van der Waals surface area contributed by atoms with Gasteiger partial charge in [0.2, 0.25) is 0 Å². The first-order valence-electron chi connectivity index (χ1n) is 11.4. The summed E-state index contributed by atoms with van der Waals surface area (Å²) in [5.41, 5.74) is 1.65. The van der Waals surface area contributed by atoms with E-state index in [1.54, 1.807) is 42.5 Å². The van der Waals surface area contributed by atoms with Crippen LogP contribution in [0.25, 0.3) is 11.3 Å². The largest absolute Gasteiger partial charge is 0.459 e. The third-order valence-electron chi connectivity index (χ3n) is 6.09. The molecule has 3 aromatic rings. The summed E-state index contributed by atoms with van der Waals surface area (Å²) in [7, 11) is 0. The number of amides is 1. The van der Waals surface area contributed by atoms with Gasteiger partial charge in [-0.25, -0.2) is 0 Å². The number of nitrogens with one attached hydrogen (secondary N) is 2. The fourth-order valence-corrected chi connectivity index (χ4v) is 4.49. The number of aliphatic hydroxyl groups excluding tert-OH is 1. The normalized spacial score (nSPS) is 13.9. The molecule has 2 aromatic carbocycles. The highest BCUT2D eigenvalue weighted by Crippen LogP contribution is 2.33. The van der Waals surface area contributed by atoms with Crippen LogP contribution in [-0.2, 0) is 6.61 Å². The molecule has 0 radical (unpaired) electrons. The predicted octanol–water partition coefficient (Wildman–Crippen LogP) is 5.36. The topological polar surface area (TPSA) is 121 Å². The smallest absolute Gasteiger partial charge is 0.293 e. The van der Waals surface area contributed by atoms with Crippen molar-refractivity contribution in [2.45, 2.75) is 26.4 Å². The van der Waals surface area contributed by atoms with Crippen LogP contribution in [0.5, 0.6) is 0 Å². The number of thiocarbonyl (C=S) groups is 1. The van der Waals surface area contributed by atoms with E-state index in [9.17, 15) is 20.0 Å². The molecule has 11 heteroatoms.